The van der Waals surface area contributed by atoms with Crippen molar-refractivity contribution in [3.05, 3.63) is 30.0 Å². The minimum Gasteiger partial charge on any atom is -0.496 e. The number of aryl methyl sites for hydroxylation is 1. The van der Waals surface area contributed by atoms with Crippen LogP contribution in [0.5, 0.6) is 5.75 Å². The minimum atomic E-state index is 0.356. The predicted molar refractivity (Wildman–Crippen MR) is 69.5 cm³/mol. The fraction of sp³-hybridized carbons (Fsp3) is 0.154. The number of methoxy groups -OCH3 is 1. The Morgan fingerprint density at radius 3 is 2.78 bits per heavy atom. The number of aromatic nitrogens is 2. The van der Waals surface area contributed by atoms with E-state index in [1.807, 2.05) is 19.1 Å². The van der Waals surface area contributed by atoms with Gasteiger partial charge in [-0.05, 0) is 25.1 Å². The lowest BCUT2D eigenvalue weighted by atomic mass is 10.1. The van der Waals surface area contributed by atoms with Crippen molar-refractivity contribution in [1.29, 1.82) is 0 Å². The Hall–Kier alpha value is -2.43. The highest BCUT2D eigenvalue weighted by Gasteiger charge is 2.13. The van der Waals surface area contributed by atoms with Crippen molar-refractivity contribution in [2.24, 2.45) is 0 Å². The van der Waals surface area contributed by atoms with Crippen LogP contribution in [-0.2, 0) is 0 Å². The SMILES string of the molecule is COc1cc2cc(C)[nH]c2cc1-c1cc(N)no1. The molecule has 0 aliphatic rings. The number of nitrogens with two attached hydrogens (primary N) is 1. The van der Waals surface area contributed by atoms with Crippen LogP contribution in [-0.4, -0.2) is 17.3 Å². The first-order chi connectivity index (χ1) is 8.67. The van der Waals surface area contributed by atoms with E-state index in [4.69, 9.17) is 15.0 Å². The predicted octanol–water partition coefficient (Wildman–Crippen LogP) is 2.72. The molecule has 0 amide bonds. The van der Waals surface area contributed by atoms with Gasteiger partial charge in [0.1, 0.15) is 5.75 Å². The summed E-state index contributed by atoms with van der Waals surface area (Å²) in [5.41, 5.74) is 8.53. The molecule has 0 saturated carbocycles. The highest BCUT2D eigenvalue weighted by Crippen LogP contribution is 2.34. The number of rotatable bonds is 2. The molecular weight excluding hydrogens is 230 g/mol. The van der Waals surface area contributed by atoms with Crippen molar-refractivity contribution in [2.75, 3.05) is 12.8 Å². The average molecular weight is 243 g/mol. The second kappa shape index (κ2) is 3.80. The number of fused-ring (bicyclic) bond motifs is 1. The molecule has 0 bridgehead atoms. The van der Waals surface area contributed by atoms with E-state index in [0.717, 1.165) is 27.9 Å². The molecule has 0 fully saturated rings. The molecule has 5 nitrogen and oxygen atoms in total. The molecule has 1 aromatic carbocycles. The van der Waals surface area contributed by atoms with Gasteiger partial charge in [-0.2, -0.15) is 0 Å². The number of aromatic amines is 1. The molecule has 3 aromatic rings. The maximum Gasteiger partial charge on any atom is 0.172 e. The molecule has 2 aromatic heterocycles. The minimum absolute atomic E-state index is 0.356. The quantitative estimate of drug-likeness (QED) is 0.725. The van der Waals surface area contributed by atoms with Gasteiger partial charge in [0.05, 0.1) is 12.7 Å². The topological polar surface area (TPSA) is 77.1 Å². The summed E-state index contributed by atoms with van der Waals surface area (Å²) in [5, 5.41) is 4.79. The lowest BCUT2D eigenvalue weighted by Crippen LogP contribution is -1.87. The van der Waals surface area contributed by atoms with Crippen LogP contribution in [0.1, 0.15) is 5.69 Å². The summed E-state index contributed by atoms with van der Waals surface area (Å²) < 4.78 is 10.6. The maximum absolute atomic E-state index is 5.57. The lowest BCUT2D eigenvalue weighted by molar-refractivity contribution is 0.407. The fourth-order valence-electron chi connectivity index (χ4n) is 2.08. The van der Waals surface area contributed by atoms with Gasteiger partial charge < -0.3 is 20.0 Å². The second-order valence-corrected chi connectivity index (χ2v) is 4.21. The number of H-pyrrole nitrogens is 1. The van der Waals surface area contributed by atoms with E-state index in [0.29, 0.717) is 11.6 Å². The zero-order valence-corrected chi connectivity index (χ0v) is 10.2. The van der Waals surface area contributed by atoms with Gasteiger partial charge >= 0.3 is 0 Å². The van der Waals surface area contributed by atoms with Crippen LogP contribution in [0.2, 0.25) is 0 Å². The Morgan fingerprint density at radius 2 is 2.11 bits per heavy atom. The standard InChI is InChI=1S/C13H13N3O2/c1-7-3-8-4-11(17-2)9(5-10(8)15-7)12-6-13(14)16-18-12/h3-6,15H,1-2H3,(H2,14,16). The summed E-state index contributed by atoms with van der Waals surface area (Å²) in [6.07, 6.45) is 0. The largest absolute Gasteiger partial charge is 0.496 e. The number of hydrogen-bond acceptors (Lipinski definition) is 4. The molecule has 5 heteroatoms. The number of nitrogens with one attached hydrogen (secondary N) is 1. The van der Waals surface area contributed by atoms with Crippen LogP contribution < -0.4 is 10.5 Å². The third-order valence-corrected chi connectivity index (χ3v) is 2.87. The molecule has 0 aliphatic heterocycles. The normalized spacial score (nSPS) is 11.0. The third-order valence-electron chi connectivity index (χ3n) is 2.87. The van der Waals surface area contributed by atoms with Gasteiger partial charge in [0.15, 0.2) is 11.6 Å². The molecule has 0 atom stereocenters. The van der Waals surface area contributed by atoms with E-state index in [1.165, 1.54) is 0 Å². The van der Waals surface area contributed by atoms with E-state index < -0.39 is 0 Å². The first kappa shape index (κ1) is 10.7. The van der Waals surface area contributed by atoms with E-state index in [1.54, 1.807) is 13.2 Å². The highest BCUT2D eigenvalue weighted by atomic mass is 16.5. The first-order valence-corrected chi connectivity index (χ1v) is 5.57. The van der Waals surface area contributed by atoms with Gasteiger partial charge in [-0.3, -0.25) is 0 Å². The monoisotopic (exact) mass is 243 g/mol. The summed E-state index contributed by atoms with van der Waals surface area (Å²) in [6.45, 7) is 2.01. The summed E-state index contributed by atoms with van der Waals surface area (Å²) in [7, 11) is 1.63. The Kier molecular flexibility index (Phi) is 2.26. The summed E-state index contributed by atoms with van der Waals surface area (Å²) in [4.78, 5) is 3.28. The van der Waals surface area contributed by atoms with Crippen LogP contribution in [0.15, 0.2) is 28.8 Å². The molecule has 18 heavy (non-hydrogen) atoms. The van der Waals surface area contributed by atoms with Crippen molar-refractivity contribution >= 4 is 16.7 Å². The zero-order valence-electron chi connectivity index (χ0n) is 10.2. The molecule has 3 N–H and O–H groups in total. The Bertz CT molecular complexity index is 712. The molecule has 0 saturated heterocycles. The van der Waals surface area contributed by atoms with E-state index in [9.17, 15) is 0 Å². The van der Waals surface area contributed by atoms with Gasteiger partial charge in [-0.25, -0.2) is 0 Å². The third kappa shape index (κ3) is 1.60. The average Bonchev–Trinajstić information content (AvgIpc) is 2.91. The Morgan fingerprint density at radius 1 is 1.28 bits per heavy atom. The number of anilines is 1. The molecule has 92 valence electrons. The molecule has 0 unspecified atom stereocenters. The van der Waals surface area contributed by atoms with E-state index in [-0.39, 0.29) is 0 Å². The molecule has 2 heterocycles. The molecule has 0 spiro atoms. The smallest absolute Gasteiger partial charge is 0.172 e. The van der Waals surface area contributed by atoms with E-state index in [2.05, 4.69) is 16.2 Å². The van der Waals surface area contributed by atoms with Crippen LogP contribution >= 0.6 is 0 Å². The van der Waals surface area contributed by atoms with Crippen molar-refractivity contribution in [3.8, 4) is 17.1 Å². The van der Waals surface area contributed by atoms with Crippen molar-refractivity contribution in [2.45, 2.75) is 6.92 Å². The maximum atomic E-state index is 5.57. The van der Waals surface area contributed by atoms with Gasteiger partial charge in [0.2, 0.25) is 0 Å². The fourth-order valence-corrected chi connectivity index (χ4v) is 2.08. The van der Waals surface area contributed by atoms with Gasteiger partial charge in [-0.1, -0.05) is 5.16 Å². The molecule has 0 aliphatic carbocycles. The van der Waals surface area contributed by atoms with Gasteiger partial charge in [0, 0.05) is 22.7 Å². The van der Waals surface area contributed by atoms with Crippen molar-refractivity contribution < 1.29 is 9.26 Å². The lowest BCUT2D eigenvalue weighted by Gasteiger charge is -2.05. The Labute approximate surface area is 104 Å². The van der Waals surface area contributed by atoms with Crippen LogP contribution in [0.4, 0.5) is 5.82 Å². The van der Waals surface area contributed by atoms with Gasteiger partial charge in [0.25, 0.3) is 0 Å². The number of ether oxygens (including phenoxy) is 1. The van der Waals surface area contributed by atoms with Gasteiger partial charge in [-0.15, -0.1) is 0 Å². The van der Waals surface area contributed by atoms with Crippen molar-refractivity contribution in [3.63, 3.8) is 0 Å². The van der Waals surface area contributed by atoms with Crippen LogP contribution in [0.25, 0.3) is 22.2 Å². The highest BCUT2D eigenvalue weighted by molar-refractivity contribution is 5.88. The molecular formula is C13H13N3O2. The number of nitrogen functional groups attached to an aromatic ring is 1. The first-order valence-electron chi connectivity index (χ1n) is 5.57. The summed E-state index contributed by atoms with van der Waals surface area (Å²) in [5.74, 6) is 1.69. The zero-order chi connectivity index (χ0) is 12.7. The van der Waals surface area contributed by atoms with Crippen LogP contribution in [0, 0.1) is 6.92 Å². The van der Waals surface area contributed by atoms with Crippen LogP contribution in [0.3, 0.4) is 0 Å². The summed E-state index contributed by atoms with van der Waals surface area (Å²) >= 11 is 0. The number of hydrogen-bond donors (Lipinski definition) is 2. The number of nitrogens with zero attached hydrogens (tertiary/aromatic N) is 1. The molecule has 3 rings (SSSR count). The number of benzene rings is 1. The molecule has 0 radical (unpaired) electrons. The Balaban J connectivity index is 2.26. The second-order valence-electron chi connectivity index (χ2n) is 4.21. The summed E-state index contributed by atoms with van der Waals surface area (Å²) in [6, 6.07) is 7.68. The van der Waals surface area contributed by atoms with Crippen molar-refractivity contribution in [1.82, 2.24) is 10.1 Å². The van der Waals surface area contributed by atoms with E-state index >= 15 is 0 Å².